The molecular formula is C21H22N4O5. The number of methoxy groups -OCH3 is 1. The molecule has 0 fully saturated rings. The van der Waals surface area contributed by atoms with Crippen LogP contribution < -0.4 is 0 Å². The molecule has 2 aliphatic heterocycles. The van der Waals surface area contributed by atoms with Gasteiger partial charge in [0.1, 0.15) is 6.04 Å². The van der Waals surface area contributed by atoms with Crippen LogP contribution in [0.1, 0.15) is 56.3 Å². The predicted octanol–water partition coefficient (Wildman–Crippen LogP) is 1.40. The maximum Gasteiger partial charge on any atom is 0.329 e. The number of hydrogen-bond acceptors (Lipinski definition) is 6. The summed E-state index contributed by atoms with van der Waals surface area (Å²) >= 11 is 0. The Kier molecular flexibility index (Phi) is 4.89. The van der Waals surface area contributed by atoms with Crippen molar-refractivity contribution in [2.75, 3.05) is 13.7 Å². The number of nitrogens with one attached hydrogen (secondary N) is 1. The summed E-state index contributed by atoms with van der Waals surface area (Å²) in [5, 5.41) is 0. The smallest absolute Gasteiger partial charge is 0.329 e. The van der Waals surface area contributed by atoms with Crippen LogP contribution >= 0.6 is 0 Å². The third-order valence-corrected chi connectivity index (χ3v) is 5.40. The van der Waals surface area contributed by atoms with Crippen molar-refractivity contribution < 1.29 is 23.9 Å². The highest BCUT2D eigenvalue weighted by molar-refractivity contribution is 6.22. The third-order valence-electron chi connectivity index (χ3n) is 5.40. The van der Waals surface area contributed by atoms with Crippen molar-refractivity contribution in [2.45, 2.75) is 32.9 Å². The van der Waals surface area contributed by atoms with Gasteiger partial charge in [0, 0.05) is 18.5 Å². The summed E-state index contributed by atoms with van der Waals surface area (Å²) in [7, 11) is 1.27. The van der Waals surface area contributed by atoms with Crippen LogP contribution in [0.3, 0.4) is 0 Å². The lowest BCUT2D eigenvalue weighted by molar-refractivity contribution is -0.146. The molecule has 0 bridgehead atoms. The molecule has 0 radical (unpaired) electrons. The second kappa shape index (κ2) is 7.40. The molecule has 4 rings (SSSR count). The molecule has 2 aromatic rings. The molecule has 2 aliphatic rings. The predicted molar refractivity (Wildman–Crippen MR) is 105 cm³/mol. The quantitative estimate of drug-likeness (QED) is 0.602. The van der Waals surface area contributed by atoms with Crippen LogP contribution in [-0.2, 0) is 22.5 Å². The van der Waals surface area contributed by atoms with Crippen LogP contribution in [0.2, 0.25) is 0 Å². The molecule has 3 amide bonds. The second-order valence-electron chi connectivity index (χ2n) is 7.88. The van der Waals surface area contributed by atoms with Crippen LogP contribution in [0.4, 0.5) is 0 Å². The first-order valence-corrected chi connectivity index (χ1v) is 9.72. The Labute approximate surface area is 173 Å². The van der Waals surface area contributed by atoms with Gasteiger partial charge in [-0.05, 0) is 24.1 Å². The number of benzene rings is 1. The minimum atomic E-state index is -0.818. The molecule has 30 heavy (non-hydrogen) atoms. The first-order valence-electron chi connectivity index (χ1n) is 9.72. The van der Waals surface area contributed by atoms with Crippen LogP contribution in [0.15, 0.2) is 24.5 Å². The molecule has 1 N–H and O–H groups in total. The summed E-state index contributed by atoms with van der Waals surface area (Å²) in [4.78, 5) is 60.7. The van der Waals surface area contributed by atoms with Gasteiger partial charge in [0.05, 0.1) is 42.5 Å². The van der Waals surface area contributed by atoms with Gasteiger partial charge in [-0.2, -0.15) is 0 Å². The molecule has 1 atom stereocenters. The van der Waals surface area contributed by atoms with E-state index < -0.39 is 23.8 Å². The van der Waals surface area contributed by atoms with Crippen LogP contribution in [0.25, 0.3) is 0 Å². The van der Waals surface area contributed by atoms with Gasteiger partial charge in [-0.15, -0.1) is 0 Å². The number of carbonyl (C=O) groups is 4. The summed E-state index contributed by atoms with van der Waals surface area (Å²) in [6.45, 7) is 4.32. The molecule has 3 heterocycles. The molecule has 1 aromatic carbocycles. The van der Waals surface area contributed by atoms with Gasteiger partial charge >= 0.3 is 5.97 Å². The fraction of sp³-hybridized carbons (Fsp3) is 0.381. The van der Waals surface area contributed by atoms with Gasteiger partial charge in [0.15, 0.2) is 0 Å². The van der Waals surface area contributed by atoms with E-state index in [0.717, 1.165) is 5.69 Å². The number of amides is 3. The summed E-state index contributed by atoms with van der Waals surface area (Å²) in [5.41, 5.74) is 2.20. The van der Waals surface area contributed by atoms with E-state index in [0.29, 0.717) is 12.2 Å². The standard InChI is InChI=1S/C21H22N4O5/c1-11(2)8-25-19(27)13-5-4-12(6-14(13)20(25)28)18(26)24-9-16-15(22-10-23-16)7-17(24)21(29)30-3/h4-6,10-11,17H,7-9H2,1-3H3,(H,22,23). The number of ether oxygens (including phenoxy) is 1. The lowest BCUT2D eigenvalue weighted by atomic mass is 9.99. The molecule has 0 saturated heterocycles. The number of hydrogen-bond donors (Lipinski definition) is 1. The van der Waals surface area contributed by atoms with E-state index in [2.05, 4.69) is 9.97 Å². The molecule has 9 nitrogen and oxygen atoms in total. The van der Waals surface area contributed by atoms with E-state index in [-0.39, 0.29) is 41.5 Å². The van der Waals surface area contributed by atoms with E-state index in [1.54, 1.807) is 0 Å². The van der Waals surface area contributed by atoms with Gasteiger partial charge in [-0.25, -0.2) is 9.78 Å². The fourth-order valence-corrected chi connectivity index (χ4v) is 3.92. The normalized spacial score (nSPS) is 17.9. The van der Waals surface area contributed by atoms with E-state index in [9.17, 15) is 19.2 Å². The molecule has 0 spiro atoms. The number of imidazole rings is 1. The highest BCUT2D eigenvalue weighted by atomic mass is 16.5. The van der Waals surface area contributed by atoms with Crippen molar-refractivity contribution in [2.24, 2.45) is 5.92 Å². The lowest BCUT2D eigenvalue weighted by Gasteiger charge is -2.33. The monoisotopic (exact) mass is 410 g/mol. The topological polar surface area (TPSA) is 113 Å². The van der Waals surface area contributed by atoms with Crippen molar-refractivity contribution in [3.05, 3.63) is 52.6 Å². The number of esters is 1. The zero-order valence-corrected chi connectivity index (χ0v) is 17.0. The van der Waals surface area contributed by atoms with Gasteiger partial charge in [-0.3, -0.25) is 19.3 Å². The van der Waals surface area contributed by atoms with Crippen molar-refractivity contribution in [1.82, 2.24) is 19.8 Å². The molecule has 1 aromatic heterocycles. The van der Waals surface area contributed by atoms with E-state index >= 15 is 0 Å². The zero-order valence-electron chi connectivity index (χ0n) is 17.0. The highest BCUT2D eigenvalue weighted by Crippen LogP contribution is 2.28. The minimum absolute atomic E-state index is 0.131. The SMILES string of the molecule is COC(=O)C1Cc2nc[nH]c2CN1C(=O)c1ccc2c(c1)C(=O)N(CC(C)C)C2=O. The molecule has 0 saturated carbocycles. The maximum atomic E-state index is 13.3. The fourth-order valence-electron chi connectivity index (χ4n) is 3.92. The zero-order chi connectivity index (χ0) is 21.6. The van der Waals surface area contributed by atoms with Gasteiger partial charge in [0.2, 0.25) is 0 Å². The van der Waals surface area contributed by atoms with Crippen LogP contribution in [0.5, 0.6) is 0 Å². The maximum absolute atomic E-state index is 13.3. The Balaban J connectivity index is 1.66. The number of rotatable bonds is 4. The average Bonchev–Trinajstić information content (AvgIpc) is 3.29. The van der Waals surface area contributed by atoms with E-state index in [1.807, 2.05) is 13.8 Å². The van der Waals surface area contributed by atoms with Gasteiger partial charge in [0.25, 0.3) is 17.7 Å². The molecular weight excluding hydrogens is 388 g/mol. The number of nitrogens with zero attached hydrogens (tertiary/aromatic N) is 3. The van der Waals surface area contributed by atoms with Crippen molar-refractivity contribution in [1.29, 1.82) is 0 Å². The van der Waals surface area contributed by atoms with Gasteiger partial charge < -0.3 is 14.6 Å². The largest absolute Gasteiger partial charge is 0.467 e. The van der Waals surface area contributed by atoms with Crippen molar-refractivity contribution in [3.63, 3.8) is 0 Å². The van der Waals surface area contributed by atoms with Crippen LogP contribution in [0, 0.1) is 5.92 Å². The Morgan fingerprint density at radius 1 is 1.23 bits per heavy atom. The Morgan fingerprint density at radius 3 is 2.67 bits per heavy atom. The molecule has 9 heteroatoms. The minimum Gasteiger partial charge on any atom is -0.467 e. The first-order chi connectivity index (χ1) is 14.3. The summed E-state index contributed by atoms with van der Waals surface area (Å²) in [6, 6.07) is 3.64. The Bertz CT molecular complexity index is 1060. The number of aromatic amines is 1. The summed E-state index contributed by atoms with van der Waals surface area (Å²) < 4.78 is 4.88. The van der Waals surface area contributed by atoms with Crippen LogP contribution in [-0.4, -0.2) is 63.2 Å². The number of aromatic nitrogens is 2. The first kappa shape index (κ1) is 19.8. The third kappa shape index (κ3) is 3.16. The number of carbonyl (C=O) groups excluding carboxylic acids is 4. The van der Waals surface area contributed by atoms with E-state index in [4.69, 9.17) is 4.74 Å². The molecule has 156 valence electrons. The molecule has 1 unspecified atom stereocenters. The summed E-state index contributed by atoms with van der Waals surface area (Å²) in [5.74, 6) is -1.58. The van der Waals surface area contributed by atoms with Crippen molar-refractivity contribution >= 4 is 23.7 Å². The van der Waals surface area contributed by atoms with E-state index in [1.165, 1.54) is 41.4 Å². The lowest BCUT2D eigenvalue weighted by Crippen LogP contribution is -2.49. The number of imide groups is 1. The number of H-pyrrole nitrogens is 1. The Morgan fingerprint density at radius 2 is 1.97 bits per heavy atom. The summed E-state index contributed by atoms with van der Waals surface area (Å²) in [6.07, 6.45) is 1.76. The second-order valence-corrected chi connectivity index (χ2v) is 7.88. The van der Waals surface area contributed by atoms with Crippen molar-refractivity contribution in [3.8, 4) is 0 Å². The average molecular weight is 410 g/mol. The highest BCUT2D eigenvalue weighted by Gasteiger charge is 2.39. The Hall–Kier alpha value is -3.49. The van der Waals surface area contributed by atoms with Gasteiger partial charge in [-0.1, -0.05) is 13.8 Å². The molecule has 0 aliphatic carbocycles. The number of fused-ring (bicyclic) bond motifs is 2.